The Morgan fingerprint density at radius 1 is 0.964 bits per heavy atom. The van der Waals surface area contributed by atoms with Crippen molar-refractivity contribution in [3.05, 3.63) is 27.7 Å². The fourth-order valence-electron chi connectivity index (χ4n) is 4.07. The molecule has 2 aliphatic rings. The molecule has 1 aromatic carbocycles. The van der Waals surface area contributed by atoms with Gasteiger partial charge in [0, 0.05) is 41.5 Å². The number of likely N-dealkylation sites (tertiary alicyclic amines) is 2. The van der Waals surface area contributed by atoms with Gasteiger partial charge in [0.25, 0.3) is 0 Å². The number of benzene rings is 1. The van der Waals surface area contributed by atoms with Crippen molar-refractivity contribution in [1.82, 2.24) is 9.80 Å². The largest absolute Gasteiger partial charge is 0.342 e. The normalized spacial score (nSPS) is 18.8. The van der Waals surface area contributed by atoms with Crippen LogP contribution in [0.15, 0.2) is 21.5 Å². The third-order valence-corrected chi connectivity index (χ3v) is 7.92. The van der Waals surface area contributed by atoms with E-state index < -0.39 is 0 Å². The summed E-state index contributed by atoms with van der Waals surface area (Å²) in [6, 6.07) is 4.26. The van der Waals surface area contributed by atoms with Crippen LogP contribution in [-0.2, 0) is 9.59 Å². The first-order valence-electron chi connectivity index (χ1n) is 10.4. The molecular formula is C22H31BrN2O2S. The van der Waals surface area contributed by atoms with Crippen molar-refractivity contribution in [2.24, 2.45) is 5.92 Å². The van der Waals surface area contributed by atoms with Crippen molar-refractivity contribution in [2.75, 3.05) is 31.9 Å². The summed E-state index contributed by atoms with van der Waals surface area (Å²) in [5.41, 5.74) is 2.38. The van der Waals surface area contributed by atoms with E-state index in [9.17, 15) is 9.59 Å². The van der Waals surface area contributed by atoms with E-state index in [4.69, 9.17) is 0 Å². The maximum absolute atomic E-state index is 12.8. The highest BCUT2D eigenvalue weighted by atomic mass is 79.9. The molecular weight excluding hydrogens is 436 g/mol. The van der Waals surface area contributed by atoms with Crippen molar-refractivity contribution in [3.8, 4) is 0 Å². The lowest BCUT2D eigenvalue weighted by atomic mass is 9.95. The van der Waals surface area contributed by atoms with Crippen LogP contribution in [0.2, 0.25) is 0 Å². The summed E-state index contributed by atoms with van der Waals surface area (Å²) in [5.74, 6) is 1.08. The minimum atomic E-state index is 0.103. The fraction of sp³-hybridized carbons (Fsp3) is 0.636. The molecule has 0 aromatic heterocycles. The van der Waals surface area contributed by atoms with Gasteiger partial charge < -0.3 is 9.80 Å². The zero-order valence-electron chi connectivity index (χ0n) is 17.0. The third-order valence-electron chi connectivity index (χ3n) is 5.92. The first kappa shape index (κ1) is 21.7. The Labute approximate surface area is 181 Å². The summed E-state index contributed by atoms with van der Waals surface area (Å²) in [5, 5.41) is 0. The Kier molecular flexibility index (Phi) is 7.86. The van der Waals surface area contributed by atoms with Crippen LogP contribution < -0.4 is 0 Å². The molecule has 0 saturated carbocycles. The number of carbonyl (C=O) groups excluding carboxylic acids is 2. The predicted octanol–water partition coefficient (Wildman–Crippen LogP) is 4.80. The van der Waals surface area contributed by atoms with Gasteiger partial charge in [0.05, 0.1) is 5.75 Å². The molecule has 6 heteroatoms. The zero-order valence-corrected chi connectivity index (χ0v) is 19.4. The quantitative estimate of drug-likeness (QED) is 0.598. The number of rotatable bonds is 4. The summed E-state index contributed by atoms with van der Waals surface area (Å²) in [7, 11) is 0. The monoisotopic (exact) mass is 466 g/mol. The first-order chi connectivity index (χ1) is 13.5. The molecule has 2 heterocycles. The number of hydrogen-bond acceptors (Lipinski definition) is 3. The molecule has 2 fully saturated rings. The highest BCUT2D eigenvalue weighted by molar-refractivity contribution is 9.10. The van der Waals surface area contributed by atoms with Gasteiger partial charge in [0.1, 0.15) is 0 Å². The highest BCUT2D eigenvalue weighted by Crippen LogP contribution is 2.29. The van der Waals surface area contributed by atoms with Gasteiger partial charge in [-0.1, -0.05) is 28.8 Å². The highest BCUT2D eigenvalue weighted by Gasteiger charge is 2.30. The fourth-order valence-corrected chi connectivity index (χ4v) is 5.53. The Hall–Kier alpha value is -1.01. The zero-order chi connectivity index (χ0) is 20.1. The van der Waals surface area contributed by atoms with Crippen LogP contribution >= 0.6 is 27.7 Å². The molecule has 0 N–H and O–H groups in total. The number of piperidine rings is 1. The number of thioether (sulfide) groups is 1. The lowest BCUT2D eigenvalue weighted by Gasteiger charge is -2.34. The average Bonchev–Trinajstić information content (AvgIpc) is 2.98. The molecule has 1 aromatic rings. The second-order valence-electron chi connectivity index (χ2n) is 8.05. The van der Waals surface area contributed by atoms with E-state index in [1.54, 1.807) is 11.8 Å². The molecule has 28 heavy (non-hydrogen) atoms. The Morgan fingerprint density at radius 3 is 2.25 bits per heavy atom. The third kappa shape index (κ3) is 5.53. The summed E-state index contributed by atoms with van der Waals surface area (Å²) in [6.45, 7) is 7.41. The maximum atomic E-state index is 12.8. The van der Waals surface area contributed by atoms with E-state index in [0.717, 1.165) is 43.2 Å². The van der Waals surface area contributed by atoms with Crippen LogP contribution in [0.25, 0.3) is 0 Å². The molecule has 154 valence electrons. The van der Waals surface area contributed by atoms with Crippen LogP contribution in [0.5, 0.6) is 0 Å². The van der Waals surface area contributed by atoms with Gasteiger partial charge in [0.15, 0.2) is 0 Å². The van der Waals surface area contributed by atoms with E-state index >= 15 is 0 Å². The summed E-state index contributed by atoms with van der Waals surface area (Å²) >= 11 is 5.17. The van der Waals surface area contributed by atoms with Gasteiger partial charge in [-0.3, -0.25) is 9.59 Å². The molecule has 2 saturated heterocycles. The number of nitrogens with zero attached hydrogens (tertiary/aromatic N) is 2. The van der Waals surface area contributed by atoms with Crippen molar-refractivity contribution in [1.29, 1.82) is 0 Å². The average molecular weight is 467 g/mol. The second-order valence-corrected chi connectivity index (χ2v) is 9.92. The predicted molar refractivity (Wildman–Crippen MR) is 119 cm³/mol. The Morgan fingerprint density at radius 2 is 1.61 bits per heavy atom. The molecule has 0 atom stereocenters. The van der Waals surface area contributed by atoms with Crippen molar-refractivity contribution >= 4 is 39.5 Å². The molecule has 3 rings (SSSR count). The maximum Gasteiger partial charge on any atom is 0.232 e. The van der Waals surface area contributed by atoms with Crippen LogP contribution in [0, 0.1) is 19.8 Å². The summed E-state index contributed by atoms with van der Waals surface area (Å²) in [6.07, 6.45) is 6.37. The molecule has 0 aliphatic carbocycles. The van der Waals surface area contributed by atoms with Gasteiger partial charge in [0.2, 0.25) is 11.8 Å². The van der Waals surface area contributed by atoms with Gasteiger partial charge in [-0.15, -0.1) is 11.8 Å². The SMILES string of the molecule is Cc1cc(SCC(=O)N2CCC(C(=O)N3CCCCCC3)CC2)c(C)cc1Br. The molecule has 0 radical (unpaired) electrons. The molecule has 4 nitrogen and oxygen atoms in total. The number of halogens is 1. The summed E-state index contributed by atoms with van der Waals surface area (Å²) in [4.78, 5) is 30.6. The van der Waals surface area contributed by atoms with Crippen LogP contribution in [0.3, 0.4) is 0 Å². The molecule has 0 spiro atoms. The van der Waals surface area contributed by atoms with Gasteiger partial charge in [-0.25, -0.2) is 0 Å². The second kappa shape index (κ2) is 10.1. The van der Waals surface area contributed by atoms with Crippen molar-refractivity contribution in [3.63, 3.8) is 0 Å². The standard InChI is InChI=1S/C22H31BrN2O2S/c1-16-14-20(17(2)13-19(16)23)28-15-21(26)24-11-7-18(8-12-24)22(27)25-9-5-3-4-6-10-25/h13-14,18H,3-12,15H2,1-2H3. The topological polar surface area (TPSA) is 40.6 Å². The van der Waals surface area contributed by atoms with Crippen LogP contribution in [-0.4, -0.2) is 53.5 Å². The molecule has 2 amide bonds. The van der Waals surface area contributed by atoms with Gasteiger partial charge >= 0.3 is 0 Å². The minimum Gasteiger partial charge on any atom is -0.342 e. The number of carbonyl (C=O) groups is 2. The van der Waals surface area contributed by atoms with E-state index in [-0.39, 0.29) is 11.8 Å². The van der Waals surface area contributed by atoms with E-state index in [0.29, 0.717) is 24.7 Å². The summed E-state index contributed by atoms with van der Waals surface area (Å²) < 4.78 is 1.11. The van der Waals surface area contributed by atoms with Crippen LogP contribution in [0.4, 0.5) is 0 Å². The minimum absolute atomic E-state index is 0.103. The van der Waals surface area contributed by atoms with Crippen molar-refractivity contribution < 1.29 is 9.59 Å². The van der Waals surface area contributed by atoms with E-state index in [1.807, 2.05) is 4.90 Å². The van der Waals surface area contributed by atoms with Gasteiger partial charge in [-0.05, 0) is 62.8 Å². The number of aryl methyl sites for hydroxylation is 2. The molecule has 0 unspecified atom stereocenters. The molecule has 0 bridgehead atoms. The number of hydrogen-bond donors (Lipinski definition) is 0. The van der Waals surface area contributed by atoms with E-state index in [1.165, 1.54) is 28.9 Å². The number of amides is 2. The van der Waals surface area contributed by atoms with Crippen molar-refractivity contribution in [2.45, 2.75) is 57.3 Å². The lowest BCUT2D eigenvalue weighted by Crippen LogP contribution is -2.45. The Balaban J connectivity index is 1.47. The first-order valence-corrected chi connectivity index (χ1v) is 12.2. The molecule has 2 aliphatic heterocycles. The smallest absolute Gasteiger partial charge is 0.232 e. The van der Waals surface area contributed by atoms with Crippen LogP contribution in [0.1, 0.15) is 49.7 Å². The van der Waals surface area contributed by atoms with Gasteiger partial charge in [-0.2, -0.15) is 0 Å². The Bertz CT molecular complexity index is 709. The van der Waals surface area contributed by atoms with E-state index in [2.05, 4.69) is 46.8 Å². The lowest BCUT2D eigenvalue weighted by molar-refractivity contribution is -0.139.